The third kappa shape index (κ3) is 0.871. The third-order valence-electron chi connectivity index (χ3n) is 3.16. The number of aromatic nitrogens is 3. The van der Waals surface area contributed by atoms with Gasteiger partial charge in [0.1, 0.15) is 18.6 Å². The molecule has 0 saturated carbocycles. The average Bonchev–Trinajstić information content (AvgIpc) is 2.59. The molecule has 4 aliphatic heterocycles. The topological polar surface area (TPSA) is 78.7 Å². The van der Waals surface area contributed by atoms with Gasteiger partial charge in [0.15, 0.2) is 0 Å². The normalized spacial score (nSPS) is 27.2. The first-order valence-corrected chi connectivity index (χ1v) is 8.73. The largest absolute Gasteiger partial charge is 0.357 e. The van der Waals surface area contributed by atoms with E-state index in [0.29, 0.717) is 10.6 Å². The molecule has 9 heteroatoms. The molecule has 0 N–H and O–H groups in total. The van der Waals surface area contributed by atoms with Crippen molar-refractivity contribution in [3.8, 4) is 18.0 Å². The van der Waals surface area contributed by atoms with Gasteiger partial charge in [0.05, 0.1) is 5.69 Å². The van der Waals surface area contributed by atoms with E-state index in [0.717, 1.165) is 0 Å². The van der Waals surface area contributed by atoms with Crippen molar-refractivity contribution in [2.45, 2.75) is 4.90 Å². The Morgan fingerprint density at radius 3 is 2.11 bits per heavy atom. The zero-order valence-electron chi connectivity index (χ0n) is 9.26. The summed E-state index contributed by atoms with van der Waals surface area (Å²) in [5.41, 5.74) is 2.16. The number of nitrogens with zero attached hydrogens (tertiary/aromatic N) is 4. The summed E-state index contributed by atoms with van der Waals surface area (Å²) < 4.78 is 17.5. The van der Waals surface area contributed by atoms with Crippen LogP contribution in [0, 0.1) is 0 Å². The molecule has 0 unspecified atom stereocenters. The van der Waals surface area contributed by atoms with E-state index in [1.807, 2.05) is 24.3 Å². The second-order valence-corrected chi connectivity index (χ2v) is 10.7. The van der Waals surface area contributed by atoms with Gasteiger partial charge < -0.3 is 12.5 Å². The quantitative estimate of drug-likeness (QED) is 0.593. The average molecular weight is 294 g/mol. The molecule has 0 amide bonds. The van der Waals surface area contributed by atoms with Crippen molar-refractivity contribution in [1.82, 2.24) is 15.0 Å². The van der Waals surface area contributed by atoms with Gasteiger partial charge in [0.2, 0.25) is 0 Å². The van der Waals surface area contributed by atoms with Crippen molar-refractivity contribution in [2.75, 3.05) is 0 Å². The minimum absolute atomic E-state index is 0.136. The summed E-state index contributed by atoms with van der Waals surface area (Å²) >= 11 is 4.73. The molecule has 0 atom stereocenters. The van der Waals surface area contributed by atoms with Gasteiger partial charge in [-0.15, -0.1) is 15.0 Å². The van der Waals surface area contributed by atoms with E-state index in [9.17, 15) is 0 Å². The molecule has 6 rings (SSSR count). The molecular weight excluding hydrogens is 288 g/mol. The van der Waals surface area contributed by atoms with Gasteiger partial charge in [-0.1, -0.05) is 12.1 Å². The monoisotopic (exact) mass is 294 g/mol. The summed E-state index contributed by atoms with van der Waals surface area (Å²) in [5.74, 6) is 0. The van der Waals surface area contributed by atoms with Gasteiger partial charge in [-0.3, -0.25) is 0 Å². The summed E-state index contributed by atoms with van der Waals surface area (Å²) in [7, 11) is -4.39. The minimum Gasteiger partial charge on any atom is -0.357 e. The van der Waals surface area contributed by atoms with Crippen LogP contribution >= 0.6 is 19.8 Å². The number of fused-ring (bicyclic) bond motifs is 1. The fraction of sp³-hybridized carbons (Fsp3) is 0. The number of thiol groups is 1. The Morgan fingerprint density at radius 1 is 0.895 bits per heavy atom. The Kier molecular flexibility index (Phi) is 1.17. The van der Waals surface area contributed by atoms with Crippen LogP contribution in [0.5, 0.6) is 18.0 Å². The summed E-state index contributed by atoms with van der Waals surface area (Å²) in [6, 6.07) is 7.76. The predicted molar refractivity (Wildman–Crippen MR) is 71.1 cm³/mol. The van der Waals surface area contributed by atoms with Crippen LogP contribution in [0.15, 0.2) is 34.2 Å². The van der Waals surface area contributed by atoms with E-state index in [2.05, 4.69) is 19.9 Å². The second-order valence-electron chi connectivity index (χ2n) is 4.42. The highest BCUT2D eigenvalue weighted by Crippen LogP contribution is 2.99. The maximum absolute atomic E-state index is 5.84. The number of aliphatic imine (C=N–C) groups is 1. The molecule has 19 heavy (non-hydrogen) atoms. The van der Waals surface area contributed by atoms with Crippen molar-refractivity contribution in [3.63, 3.8) is 0 Å². The van der Waals surface area contributed by atoms with Crippen LogP contribution in [0.3, 0.4) is 0 Å². The van der Waals surface area contributed by atoms with Crippen molar-refractivity contribution < 1.29 is 12.5 Å². The number of hydrogen-bond donors (Lipinski definition) is 1. The Balaban J connectivity index is 1.97. The smallest absolute Gasteiger partial charge is 0.341 e. The summed E-state index contributed by atoms with van der Waals surface area (Å²) in [4.78, 5) is 16.9. The first-order chi connectivity index (χ1) is 9.03. The van der Waals surface area contributed by atoms with Gasteiger partial charge in [-0.25, -0.2) is 4.99 Å². The van der Waals surface area contributed by atoms with Crippen LogP contribution in [0.4, 0.5) is 5.69 Å². The molecule has 0 saturated heterocycles. The minimum atomic E-state index is -4.39. The highest BCUT2D eigenvalue weighted by Gasteiger charge is 2.73. The van der Waals surface area contributed by atoms with Gasteiger partial charge >= 0.3 is 18.0 Å². The fourth-order valence-electron chi connectivity index (χ4n) is 2.39. The predicted octanol–water partition coefficient (Wildman–Crippen LogP) is 2.23. The number of benzene rings is 1. The lowest BCUT2D eigenvalue weighted by Crippen LogP contribution is -2.51. The maximum atomic E-state index is 5.84. The molecule has 5 heterocycles. The highest BCUT2D eigenvalue weighted by molar-refractivity contribution is 9.07. The van der Waals surface area contributed by atoms with Crippen molar-refractivity contribution >= 4 is 31.1 Å². The number of rotatable bonds is 0. The van der Waals surface area contributed by atoms with Crippen LogP contribution in [-0.2, 0) is 0 Å². The number of hydrogen-bond acceptors (Lipinski definition) is 8. The van der Waals surface area contributed by atoms with Crippen molar-refractivity contribution in [3.05, 3.63) is 24.3 Å². The van der Waals surface area contributed by atoms with E-state index in [4.69, 9.17) is 24.2 Å². The van der Waals surface area contributed by atoms with Crippen LogP contribution in [0.1, 0.15) is 0 Å². The van der Waals surface area contributed by atoms with Crippen molar-refractivity contribution in [1.29, 1.82) is 0 Å². The van der Waals surface area contributed by atoms with E-state index in [1.165, 1.54) is 5.55 Å². The van der Waals surface area contributed by atoms with Crippen LogP contribution in [0.2, 0.25) is 0 Å². The second kappa shape index (κ2) is 2.25. The maximum Gasteiger partial charge on any atom is 0.341 e. The number of para-hydroxylation sites is 1. The Labute approximate surface area is 111 Å². The molecule has 0 fully saturated rings. The first kappa shape index (κ1) is 9.87. The van der Waals surface area contributed by atoms with Crippen LogP contribution < -0.4 is 12.5 Å². The molecule has 1 spiro atoms. The van der Waals surface area contributed by atoms with E-state index < -0.39 is 8.17 Å². The molecule has 0 radical (unpaired) electrons. The lowest BCUT2D eigenvalue weighted by Gasteiger charge is -2.69. The van der Waals surface area contributed by atoms with E-state index >= 15 is 0 Å². The molecule has 1 aromatic carbocycles. The molecule has 4 bridgehead atoms. The lowest BCUT2D eigenvalue weighted by molar-refractivity contribution is 0.268. The van der Waals surface area contributed by atoms with Crippen molar-refractivity contribution in [2.24, 2.45) is 4.99 Å². The van der Waals surface area contributed by atoms with Gasteiger partial charge in [0, 0.05) is 0 Å². The Bertz CT molecular complexity index is 771. The van der Waals surface area contributed by atoms with Gasteiger partial charge in [0.25, 0.3) is 0 Å². The third-order valence-corrected chi connectivity index (χ3v) is 8.22. The zero-order valence-corrected chi connectivity index (χ0v) is 11.0. The summed E-state index contributed by atoms with van der Waals surface area (Å²) in [5, 5.41) is 0. The lowest BCUT2D eigenvalue weighted by atomic mass is 10.3. The molecule has 1 aromatic heterocycles. The zero-order chi connectivity index (χ0) is 12.8. The highest BCUT2D eigenvalue weighted by atomic mass is 33.2. The summed E-state index contributed by atoms with van der Waals surface area (Å²) in [6.45, 7) is 0. The summed E-state index contributed by atoms with van der Waals surface area (Å²) in [6.07, 6.45) is 0. The first-order valence-electron chi connectivity index (χ1n) is 5.39. The van der Waals surface area contributed by atoms with Crippen LogP contribution in [0.25, 0.3) is 0 Å². The van der Waals surface area contributed by atoms with E-state index in [1.54, 1.807) is 0 Å². The van der Waals surface area contributed by atoms with Gasteiger partial charge in [-0.2, -0.15) is 0 Å². The Morgan fingerprint density at radius 2 is 1.47 bits per heavy atom. The fourth-order valence-corrected chi connectivity index (χ4v) is 6.79. The van der Waals surface area contributed by atoms with E-state index in [-0.39, 0.29) is 18.0 Å². The standard InChI is InChI=1S/C10H6N4O3S2/c18-19(5-11-6-3-1-2-4-7(6)19)15-8-12-9(16-19)14-10(13-8)17-19/h1-5,18H. The molecule has 2 aromatic rings. The molecule has 4 aliphatic rings. The molecular formula is C10H6N4O3S2. The molecule has 96 valence electrons. The molecule has 7 nitrogen and oxygen atoms in total. The Hall–Kier alpha value is -2.00. The van der Waals surface area contributed by atoms with Gasteiger partial charge in [-0.05, 0) is 23.8 Å². The SMILES string of the molecule is SS123(C=Nc4ccccc41)Oc1nc(nc(n1)O2)O3. The van der Waals surface area contributed by atoms with Crippen LogP contribution in [-0.4, -0.2) is 20.5 Å². The molecule has 0 aliphatic carbocycles.